The zero-order valence-electron chi connectivity index (χ0n) is 13.9. The number of carbonyl (C=O) groups is 2. The van der Waals surface area contributed by atoms with E-state index in [1.807, 2.05) is 19.1 Å². The molecule has 2 rings (SSSR count). The molecular formula is C18H20ClN3O2. The highest BCUT2D eigenvalue weighted by molar-refractivity contribution is 6.31. The molecule has 0 spiro atoms. The maximum absolute atomic E-state index is 12.0. The van der Waals surface area contributed by atoms with Crippen LogP contribution in [0, 0.1) is 6.92 Å². The standard InChI is InChI=1S/C18H20ClN3O2/c1-12-4-7-15(10-16(12)19)20-11-17(23)21-14-8-5-13(6-9-14)18(24)22(2)3/h4-10,20H,11H2,1-3H3,(H,21,23). The molecule has 0 fully saturated rings. The summed E-state index contributed by atoms with van der Waals surface area (Å²) < 4.78 is 0. The van der Waals surface area contributed by atoms with Crippen LogP contribution in [-0.2, 0) is 4.79 Å². The van der Waals surface area contributed by atoms with Crippen molar-refractivity contribution in [2.24, 2.45) is 0 Å². The Morgan fingerprint density at radius 2 is 1.67 bits per heavy atom. The smallest absolute Gasteiger partial charge is 0.253 e. The van der Waals surface area contributed by atoms with Gasteiger partial charge in [-0.1, -0.05) is 17.7 Å². The van der Waals surface area contributed by atoms with Gasteiger partial charge in [-0.2, -0.15) is 0 Å². The highest BCUT2D eigenvalue weighted by Gasteiger charge is 2.08. The van der Waals surface area contributed by atoms with Crippen molar-refractivity contribution in [3.63, 3.8) is 0 Å². The zero-order valence-corrected chi connectivity index (χ0v) is 14.6. The zero-order chi connectivity index (χ0) is 17.7. The molecule has 0 aliphatic heterocycles. The topological polar surface area (TPSA) is 61.4 Å². The number of benzene rings is 2. The van der Waals surface area contributed by atoms with E-state index in [-0.39, 0.29) is 18.4 Å². The Bertz CT molecular complexity index is 742. The third-order valence-electron chi connectivity index (χ3n) is 3.45. The lowest BCUT2D eigenvalue weighted by atomic mass is 10.2. The summed E-state index contributed by atoms with van der Waals surface area (Å²) >= 11 is 6.05. The second-order valence-electron chi connectivity index (χ2n) is 5.64. The van der Waals surface area contributed by atoms with Crippen LogP contribution in [-0.4, -0.2) is 37.4 Å². The lowest BCUT2D eigenvalue weighted by Gasteiger charge is -2.11. The number of hydrogen-bond donors (Lipinski definition) is 2. The predicted octanol–water partition coefficient (Wildman–Crippen LogP) is 3.40. The highest BCUT2D eigenvalue weighted by Crippen LogP contribution is 2.19. The second-order valence-corrected chi connectivity index (χ2v) is 6.05. The van der Waals surface area contributed by atoms with E-state index in [0.29, 0.717) is 16.3 Å². The molecule has 0 bridgehead atoms. The number of rotatable bonds is 5. The summed E-state index contributed by atoms with van der Waals surface area (Å²) in [6.07, 6.45) is 0. The van der Waals surface area contributed by atoms with Crippen LogP contribution in [0.2, 0.25) is 5.02 Å². The van der Waals surface area contributed by atoms with Crippen LogP contribution in [0.25, 0.3) is 0 Å². The van der Waals surface area contributed by atoms with E-state index in [9.17, 15) is 9.59 Å². The van der Waals surface area contributed by atoms with Crippen molar-refractivity contribution < 1.29 is 9.59 Å². The summed E-state index contributed by atoms with van der Waals surface area (Å²) in [6, 6.07) is 12.3. The second kappa shape index (κ2) is 7.84. The summed E-state index contributed by atoms with van der Waals surface area (Å²) in [4.78, 5) is 25.3. The fraction of sp³-hybridized carbons (Fsp3) is 0.222. The first-order chi connectivity index (χ1) is 11.4. The van der Waals surface area contributed by atoms with Crippen LogP contribution in [0.5, 0.6) is 0 Å². The maximum Gasteiger partial charge on any atom is 0.253 e. The third-order valence-corrected chi connectivity index (χ3v) is 3.85. The van der Waals surface area contributed by atoms with Gasteiger partial charge in [0.15, 0.2) is 0 Å². The molecule has 0 aromatic heterocycles. The fourth-order valence-corrected chi connectivity index (χ4v) is 2.23. The van der Waals surface area contributed by atoms with E-state index >= 15 is 0 Å². The van der Waals surface area contributed by atoms with Crippen molar-refractivity contribution in [2.45, 2.75) is 6.92 Å². The molecule has 24 heavy (non-hydrogen) atoms. The van der Waals surface area contributed by atoms with Crippen LogP contribution >= 0.6 is 11.6 Å². The Balaban J connectivity index is 1.90. The molecule has 0 aliphatic rings. The summed E-state index contributed by atoms with van der Waals surface area (Å²) in [5.41, 5.74) is 2.98. The first-order valence-electron chi connectivity index (χ1n) is 7.48. The predicted molar refractivity (Wildman–Crippen MR) is 97.8 cm³/mol. The minimum absolute atomic E-state index is 0.0780. The lowest BCUT2D eigenvalue weighted by molar-refractivity contribution is -0.114. The number of anilines is 2. The summed E-state index contributed by atoms with van der Waals surface area (Å²) in [6.45, 7) is 2.04. The van der Waals surface area contributed by atoms with Gasteiger partial charge in [0.25, 0.3) is 5.91 Å². The highest BCUT2D eigenvalue weighted by atomic mass is 35.5. The van der Waals surface area contributed by atoms with Gasteiger partial charge in [-0.05, 0) is 48.9 Å². The molecule has 2 aromatic carbocycles. The lowest BCUT2D eigenvalue weighted by Crippen LogP contribution is -2.23. The Labute approximate surface area is 146 Å². The van der Waals surface area contributed by atoms with Crippen molar-refractivity contribution in [3.8, 4) is 0 Å². The average Bonchev–Trinajstić information content (AvgIpc) is 2.56. The van der Waals surface area contributed by atoms with Gasteiger partial charge in [0, 0.05) is 36.1 Å². The van der Waals surface area contributed by atoms with Crippen molar-refractivity contribution >= 4 is 34.8 Å². The summed E-state index contributed by atoms with van der Waals surface area (Å²) in [7, 11) is 3.39. The van der Waals surface area contributed by atoms with Crippen molar-refractivity contribution in [1.29, 1.82) is 0 Å². The molecule has 0 saturated carbocycles. The van der Waals surface area contributed by atoms with Gasteiger partial charge in [-0.15, -0.1) is 0 Å². The molecule has 6 heteroatoms. The quantitative estimate of drug-likeness (QED) is 0.873. The molecule has 0 saturated heterocycles. The third kappa shape index (κ3) is 4.73. The first kappa shape index (κ1) is 17.8. The fourth-order valence-electron chi connectivity index (χ4n) is 2.04. The normalized spacial score (nSPS) is 10.2. The van der Waals surface area contributed by atoms with E-state index in [2.05, 4.69) is 10.6 Å². The Hall–Kier alpha value is -2.53. The molecule has 2 aromatic rings. The number of carbonyl (C=O) groups excluding carboxylic acids is 2. The largest absolute Gasteiger partial charge is 0.376 e. The van der Waals surface area contributed by atoms with E-state index in [4.69, 9.17) is 11.6 Å². The first-order valence-corrected chi connectivity index (χ1v) is 7.86. The number of halogens is 1. The Kier molecular flexibility index (Phi) is 5.82. The number of aryl methyl sites for hydroxylation is 1. The molecule has 0 radical (unpaired) electrons. The Morgan fingerprint density at radius 1 is 1.04 bits per heavy atom. The molecule has 0 aliphatic carbocycles. The molecule has 5 nitrogen and oxygen atoms in total. The number of hydrogen-bond acceptors (Lipinski definition) is 3. The SMILES string of the molecule is Cc1ccc(NCC(=O)Nc2ccc(C(=O)N(C)C)cc2)cc1Cl. The molecular weight excluding hydrogens is 326 g/mol. The van der Waals surface area contributed by atoms with Crippen LogP contribution < -0.4 is 10.6 Å². The van der Waals surface area contributed by atoms with E-state index in [0.717, 1.165) is 11.3 Å². The number of amides is 2. The molecule has 0 heterocycles. The van der Waals surface area contributed by atoms with E-state index < -0.39 is 0 Å². The van der Waals surface area contributed by atoms with Crippen molar-refractivity contribution in [3.05, 3.63) is 58.6 Å². The summed E-state index contributed by atoms with van der Waals surface area (Å²) in [5, 5.41) is 6.45. The van der Waals surface area contributed by atoms with Gasteiger partial charge in [0.2, 0.25) is 5.91 Å². The Morgan fingerprint density at radius 3 is 2.25 bits per heavy atom. The maximum atomic E-state index is 12.0. The monoisotopic (exact) mass is 345 g/mol. The molecule has 126 valence electrons. The van der Waals surface area contributed by atoms with Gasteiger partial charge >= 0.3 is 0 Å². The van der Waals surface area contributed by atoms with Gasteiger partial charge in [0.05, 0.1) is 6.54 Å². The van der Waals surface area contributed by atoms with Gasteiger partial charge in [-0.3, -0.25) is 9.59 Å². The summed E-state index contributed by atoms with van der Waals surface area (Å²) in [5.74, 6) is -0.260. The number of nitrogens with zero attached hydrogens (tertiary/aromatic N) is 1. The molecule has 2 N–H and O–H groups in total. The number of nitrogens with one attached hydrogen (secondary N) is 2. The van der Waals surface area contributed by atoms with Gasteiger partial charge in [0.1, 0.15) is 0 Å². The van der Waals surface area contributed by atoms with Crippen molar-refractivity contribution in [2.75, 3.05) is 31.3 Å². The van der Waals surface area contributed by atoms with Gasteiger partial charge in [-0.25, -0.2) is 0 Å². The average molecular weight is 346 g/mol. The van der Waals surface area contributed by atoms with Crippen LogP contribution in [0.1, 0.15) is 15.9 Å². The van der Waals surface area contributed by atoms with Crippen LogP contribution in [0.3, 0.4) is 0 Å². The molecule has 0 unspecified atom stereocenters. The molecule has 2 amide bonds. The minimum atomic E-state index is -0.182. The van der Waals surface area contributed by atoms with Crippen molar-refractivity contribution in [1.82, 2.24) is 4.90 Å². The van der Waals surface area contributed by atoms with Gasteiger partial charge < -0.3 is 15.5 Å². The minimum Gasteiger partial charge on any atom is -0.376 e. The van der Waals surface area contributed by atoms with E-state index in [1.54, 1.807) is 44.4 Å². The molecule has 0 atom stereocenters. The van der Waals surface area contributed by atoms with E-state index in [1.165, 1.54) is 4.90 Å². The van der Waals surface area contributed by atoms with Crippen LogP contribution in [0.4, 0.5) is 11.4 Å². The van der Waals surface area contributed by atoms with Crippen LogP contribution in [0.15, 0.2) is 42.5 Å².